The summed E-state index contributed by atoms with van der Waals surface area (Å²) in [5, 5.41) is 0. The van der Waals surface area contributed by atoms with Crippen LogP contribution in [0.25, 0.3) is 0 Å². The third-order valence-corrected chi connectivity index (χ3v) is 4.29. The molecule has 3 rings (SSSR count). The van der Waals surface area contributed by atoms with Gasteiger partial charge in [0.05, 0.1) is 5.54 Å². The molecular formula is C11H16F2N2O. The Labute approximate surface area is 93.4 Å². The standard InChI is InChI=1S/C11H16F2N2O/c1-14-4-2-10(7-14)3-5-15(10)9(16)8-6-11(8,12)13/h8H,2-7H2,1H3. The van der Waals surface area contributed by atoms with E-state index in [1.165, 1.54) is 0 Å². The molecule has 90 valence electrons. The van der Waals surface area contributed by atoms with Crippen LogP contribution in [0.3, 0.4) is 0 Å². The van der Waals surface area contributed by atoms with Crippen LogP contribution in [0.2, 0.25) is 0 Å². The molecule has 0 N–H and O–H groups in total. The number of likely N-dealkylation sites (N-methyl/N-ethyl adjacent to an activating group) is 1. The SMILES string of the molecule is CN1CCC2(CCN2C(=O)C2CC2(F)F)C1. The molecule has 1 amide bonds. The Morgan fingerprint density at radius 1 is 1.31 bits per heavy atom. The summed E-state index contributed by atoms with van der Waals surface area (Å²) in [5.74, 6) is -4.06. The van der Waals surface area contributed by atoms with Gasteiger partial charge in [0.15, 0.2) is 0 Å². The van der Waals surface area contributed by atoms with E-state index in [1.807, 2.05) is 7.05 Å². The van der Waals surface area contributed by atoms with Crippen LogP contribution in [0.1, 0.15) is 19.3 Å². The van der Waals surface area contributed by atoms with Crippen LogP contribution in [0.5, 0.6) is 0 Å². The van der Waals surface area contributed by atoms with Crippen molar-refractivity contribution in [1.82, 2.24) is 9.80 Å². The number of hydrogen-bond donors (Lipinski definition) is 0. The third-order valence-electron chi connectivity index (χ3n) is 4.29. The second kappa shape index (κ2) is 2.94. The zero-order valence-corrected chi connectivity index (χ0v) is 9.38. The van der Waals surface area contributed by atoms with Crippen molar-refractivity contribution in [2.75, 3.05) is 26.7 Å². The Morgan fingerprint density at radius 3 is 2.31 bits per heavy atom. The monoisotopic (exact) mass is 230 g/mol. The molecule has 2 atom stereocenters. The third kappa shape index (κ3) is 1.30. The molecule has 0 radical (unpaired) electrons. The van der Waals surface area contributed by atoms with Gasteiger partial charge in [-0.05, 0) is 19.9 Å². The highest BCUT2D eigenvalue weighted by Crippen LogP contribution is 2.52. The van der Waals surface area contributed by atoms with Crippen LogP contribution in [-0.2, 0) is 4.79 Å². The molecule has 3 aliphatic rings. The topological polar surface area (TPSA) is 23.6 Å². The molecule has 0 aromatic rings. The first kappa shape index (κ1) is 10.4. The number of nitrogens with zero attached hydrogens (tertiary/aromatic N) is 2. The Kier molecular flexibility index (Phi) is 1.92. The largest absolute Gasteiger partial charge is 0.335 e. The van der Waals surface area contributed by atoms with Crippen LogP contribution >= 0.6 is 0 Å². The maximum Gasteiger partial charge on any atom is 0.260 e. The molecule has 2 heterocycles. The number of hydrogen-bond acceptors (Lipinski definition) is 2. The van der Waals surface area contributed by atoms with Crippen molar-refractivity contribution in [3.8, 4) is 0 Å². The highest BCUT2D eigenvalue weighted by Gasteiger charge is 2.65. The van der Waals surface area contributed by atoms with E-state index in [9.17, 15) is 13.6 Å². The van der Waals surface area contributed by atoms with Crippen molar-refractivity contribution in [2.24, 2.45) is 5.92 Å². The first-order chi connectivity index (χ1) is 7.45. The minimum atomic E-state index is -2.72. The van der Waals surface area contributed by atoms with Crippen molar-refractivity contribution in [1.29, 1.82) is 0 Å². The van der Waals surface area contributed by atoms with Crippen LogP contribution in [0, 0.1) is 5.92 Å². The highest BCUT2D eigenvalue weighted by molar-refractivity contribution is 5.84. The minimum Gasteiger partial charge on any atom is -0.335 e. The van der Waals surface area contributed by atoms with E-state index in [2.05, 4.69) is 4.90 Å². The summed E-state index contributed by atoms with van der Waals surface area (Å²) in [6.07, 6.45) is 1.67. The zero-order valence-electron chi connectivity index (χ0n) is 9.38. The normalized spacial score (nSPS) is 41.2. The van der Waals surface area contributed by atoms with Gasteiger partial charge < -0.3 is 9.80 Å². The molecule has 1 aliphatic carbocycles. The van der Waals surface area contributed by atoms with Gasteiger partial charge >= 0.3 is 0 Å². The fourth-order valence-electron chi connectivity index (χ4n) is 3.04. The molecule has 0 aromatic heterocycles. The first-order valence-electron chi connectivity index (χ1n) is 5.83. The number of carbonyl (C=O) groups excluding carboxylic acids is 1. The highest BCUT2D eigenvalue weighted by atomic mass is 19.3. The van der Waals surface area contributed by atoms with Gasteiger partial charge in [-0.1, -0.05) is 0 Å². The Bertz CT molecular complexity index is 347. The number of rotatable bonds is 1. The van der Waals surface area contributed by atoms with Gasteiger partial charge in [-0.15, -0.1) is 0 Å². The lowest BCUT2D eigenvalue weighted by molar-refractivity contribution is -0.150. The molecule has 3 nitrogen and oxygen atoms in total. The van der Waals surface area contributed by atoms with Gasteiger partial charge in [-0.2, -0.15) is 0 Å². The number of amides is 1. The number of alkyl halides is 2. The maximum atomic E-state index is 12.9. The fraction of sp³-hybridized carbons (Fsp3) is 0.909. The Balaban J connectivity index is 1.70. The van der Waals surface area contributed by atoms with E-state index >= 15 is 0 Å². The summed E-state index contributed by atoms with van der Waals surface area (Å²) in [6, 6.07) is 0. The van der Waals surface area contributed by atoms with E-state index in [4.69, 9.17) is 0 Å². The summed E-state index contributed by atoms with van der Waals surface area (Å²) in [4.78, 5) is 15.8. The molecule has 2 unspecified atom stereocenters. The summed E-state index contributed by atoms with van der Waals surface area (Å²) < 4.78 is 25.7. The number of carbonyl (C=O) groups is 1. The molecule has 1 spiro atoms. The van der Waals surface area contributed by atoms with Gasteiger partial charge in [-0.25, -0.2) is 8.78 Å². The molecule has 0 aromatic carbocycles. The van der Waals surface area contributed by atoms with Gasteiger partial charge in [0, 0.05) is 26.1 Å². The van der Waals surface area contributed by atoms with Gasteiger partial charge in [0.25, 0.3) is 5.92 Å². The van der Waals surface area contributed by atoms with Gasteiger partial charge in [-0.3, -0.25) is 4.79 Å². The van der Waals surface area contributed by atoms with Crippen molar-refractivity contribution >= 4 is 5.91 Å². The molecule has 5 heteroatoms. The molecule has 2 saturated heterocycles. The lowest BCUT2D eigenvalue weighted by Gasteiger charge is -2.51. The van der Waals surface area contributed by atoms with E-state index in [-0.39, 0.29) is 17.9 Å². The smallest absolute Gasteiger partial charge is 0.260 e. The zero-order chi connectivity index (χ0) is 11.6. The first-order valence-corrected chi connectivity index (χ1v) is 5.83. The number of halogens is 2. The van der Waals surface area contributed by atoms with E-state index in [1.54, 1.807) is 4.90 Å². The number of likely N-dealkylation sites (tertiary alicyclic amines) is 2. The summed E-state index contributed by atoms with van der Waals surface area (Å²) in [7, 11) is 2.02. The molecule has 1 saturated carbocycles. The van der Waals surface area contributed by atoms with Crippen LogP contribution in [-0.4, -0.2) is 53.9 Å². The lowest BCUT2D eigenvalue weighted by atomic mass is 9.83. The van der Waals surface area contributed by atoms with E-state index < -0.39 is 11.8 Å². The summed E-state index contributed by atoms with van der Waals surface area (Å²) in [6.45, 7) is 2.47. The lowest BCUT2D eigenvalue weighted by Crippen LogP contribution is -2.63. The molecule has 2 aliphatic heterocycles. The average molecular weight is 230 g/mol. The van der Waals surface area contributed by atoms with Crippen LogP contribution in [0.15, 0.2) is 0 Å². The van der Waals surface area contributed by atoms with Gasteiger partial charge in [0.1, 0.15) is 5.92 Å². The minimum absolute atomic E-state index is 0.107. The van der Waals surface area contributed by atoms with Crippen molar-refractivity contribution in [2.45, 2.75) is 30.7 Å². The van der Waals surface area contributed by atoms with Crippen LogP contribution < -0.4 is 0 Å². The predicted octanol–water partition coefficient (Wildman–Crippen LogP) is 0.948. The van der Waals surface area contributed by atoms with Gasteiger partial charge in [0.2, 0.25) is 5.91 Å². The van der Waals surface area contributed by atoms with Crippen LogP contribution in [0.4, 0.5) is 8.78 Å². The molecular weight excluding hydrogens is 214 g/mol. The molecule has 0 bridgehead atoms. The summed E-state index contributed by atoms with van der Waals surface area (Å²) >= 11 is 0. The van der Waals surface area contributed by atoms with E-state index in [0.717, 1.165) is 25.9 Å². The average Bonchev–Trinajstić information content (AvgIpc) is 2.62. The second-order valence-electron chi connectivity index (χ2n) is 5.47. The quantitative estimate of drug-likeness (QED) is 0.669. The van der Waals surface area contributed by atoms with Crippen molar-refractivity contribution in [3.63, 3.8) is 0 Å². The predicted molar refractivity (Wildman–Crippen MR) is 54.2 cm³/mol. The van der Waals surface area contributed by atoms with Crippen molar-refractivity contribution in [3.05, 3.63) is 0 Å². The van der Waals surface area contributed by atoms with Crippen molar-refractivity contribution < 1.29 is 13.6 Å². The fourth-order valence-corrected chi connectivity index (χ4v) is 3.04. The second-order valence-corrected chi connectivity index (χ2v) is 5.47. The maximum absolute atomic E-state index is 12.9. The van der Waals surface area contributed by atoms with E-state index in [0.29, 0.717) is 6.54 Å². The molecule has 16 heavy (non-hydrogen) atoms. The Morgan fingerprint density at radius 2 is 1.94 bits per heavy atom. The molecule has 3 fully saturated rings. The summed E-state index contributed by atoms with van der Waals surface area (Å²) in [5.41, 5.74) is -0.107. The Hall–Kier alpha value is -0.710.